The van der Waals surface area contributed by atoms with Crippen LogP contribution in [0, 0.1) is 0 Å². The van der Waals surface area contributed by atoms with Gasteiger partial charge in [0.1, 0.15) is 5.01 Å². The number of carbonyl (C=O) groups excluding carboxylic acids is 1. The number of hydrogen-bond acceptors (Lipinski definition) is 5. The zero-order chi connectivity index (χ0) is 20.4. The highest BCUT2D eigenvalue weighted by molar-refractivity contribution is 7.10. The second-order valence-corrected chi connectivity index (χ2v) is 8.16. The SMILES string of the molecule is CC(C)c1cc(C(=O)NC(C)c2nc(-c3cccnc3)cs2)c2ccccc2n1. The molecule has 0 saturated carbocycles. The lowest BCUT2D eigenvalue weighted by atomic mass is 10.0. The topological polar surface area (TPSA) is 67.8 Å². The third-order valence-electron chi connectivity index (χ3n) is 4.77. The summed E-state index contributed by atoms with van der Waals surface area (Å²) in [6, 6.07) is 13.3. The van der Waals surface area contributed by atoms with E-state index in [9.17, 15) is 4.79 Å². The number of amides is 1. The molecule has 4 rings (SSSR count). The molecule has 1 atom stereocenters. The van der Waals surface area contributed by atoms with Gasteiger partial charge in [0.15, 0.2) is 0 Å². The summed E-state index contributed by atoms with van der Waals surface area (Å²) < 4.78 is 0. The predicted molar refractivity (Wildman–Crippen MR) is 117 cm³/mol. The minimum atomic E-state index is -0.202. The lowest BCUT2D eigenvalue weighted by Crippen LogP contribution is -2.27. The van der Waals surface area contributed by atoms with Gasteiger partial charge in [-0.15, -0.1) is 11.3 Å². The molecule has 0 aliphatic carbocycles. The van der Waals surface area contributed by atoms with E-state index in [-0.39, 0.29) is 17.9 Å². The van der Waals surface area contributed by atoms with Crippen molar-refractivity contribution in [2.45, 2.75) is 32.7 Å². The average Bonchev–Trinajstić information content (AvgIpc) is 3.24. The van der Waals surface area contributed by atoms with Crippen LogP contribution >= 0.6 is 11.3 Å². The largest absolute Gasteiger partial charge is 0.343 e. The number of thiazole rings is 1. The molecule has 0 fully saturated rings. The molecule has 4 aromatic rings. The maximum atomic E-state index is 13.1. The summed E-state index contributed by atoms with van der Waals surface area (Å²) in [5, 5.41) is 6.81. The predicted octanol–water partition coefficient (Wildman–Crippen LogP) is 5.37. The number of nitrogens with zero attached hydrogens (tertiary/aromatic N) is 3. The molecule has 0 aliphatic heterocycles. The van der Waals surface area contributed by atoms with Gasteiger partial charge < -0.3 is 5.32 Å². The molecule has 1 N–H and O–H groups in total. The third-order valence-corrected chi connectivity index (χ3v) is 5.80. The van der Waals surface area contributed by atoms with Gasteiger partial charge in [-0.2, -0.15) is 0 Å². The van der Waals surface area contributed by atoms with Gasteiger partial charge in [-0.1, -0.05) is 32.0 Å². The summed E-state index contributed by atoms with van der Waals surface area (Å²) in [4.78, 5) is 26.6. The maximum absolute atomic E-state index is 13.1. The second kappa shape index (κ2) is 8.09. The van der Waals surface area contributed by atoms with E-state index in [1.165, 1.54) is 11.3 Å². The molecule has 0 bridgehead atoms. The quantitative estimate of drug-likeness (QED) is 0.487. The van der Waals surface area contributed by atoms with E-state index in [1.807, 2.05) is 54.8 Å². The fraction of sp³-hybridized carbons (Fsp3) is 0.217. The van der Waals surface area contributed by atoms with Gasteiger partial charge in [0.05, 0.1) is 22.8 Å². The number of hydrogen-bond donors (Lipinski definition) is 1. The Morgan fingerprint density at radius 3 is 2.66 bits per heavy atom. The van der Waals surface area contributed by atoms with E-state index >= 15 is 0 Å². The smallest absolute Gasteiger partial charge is 0.252 e. The van der Waals surface area contributed by atoms with E-state index < -0.39 is 0 Å². The number of rotatable bonds is 5. The lowest BCUT2D eigenvalue weighted by Gasteiger charge is -2.15. The van der Waals surface area contributed by atoms with Crippen LogP contribution < -0.4 is 5.32 Å². The van der Waals surface area contributed by atoms with Gasteiger partial charge in [-0.05, 0) is 37.1 Å². The molecule has 5 nitrogen and oxygen atoms in total. The third kappa shape index (κ3) is 4.03. The second-order valence-electron chi connectivity index (χ2n) is 7.27. The number of pyridine rings is 2. The van der Waals surface area contributed by atoms with Crippen LogP contribution in [-0.4, -0.2) is 20.9 Å². The molecule has 0 saturated heterocycles. The summed E-state index contributed by atoms with van der Waals surface area (Å²) in [6.45, 7) is 6.12. The van der Waals surface area contributed by atoms with E-state index in [2.05, 4.69) is 29.1 Å². The Labute approximate surface area is 173 Å². The molecule has 1 amide bonds. The zero-order valence-electron chi connectivity index (χ0n) is 16.6. The molecule has 3 aromatic heterocycles. The Hall–Kier alpha value is -3.12. The Bertz CT molecular complexity index is 1150. The van der Waals surface area contributed by atoms with Crippen molar-refractivity contribution in [2.75, 3.05) is 0 Å². The van der Waals surface area contributed by atoms with Crippen LogP contribution in [0.15, 0.2) is 60.2 Å². The van der Waals surface area contributed by atoms with Crippen molar-refractivity contribution >= 4 is 28.1 Å². The molecular weight excluding hydrogens is 380 g/mol. The Morgan fingerprint density at radius 1 is 1.07 bits per heavy atom. The molecule has 6 heteroatoms. The van der Waals surface area contributed by atoms with E-state index in [4.69, 9.17) is 4.98 Å². The summed E-state index contributed by atoms with van der Waals surface area (Å²) in [5.74, 6) is 0.126. The maximum Gasteiger partial charge on any atom is 0.252 e. The average molecular weight is 403 g/mol. The summed E-state index contributed by atoms with van der Waals surface area (Å²) >= 11 is 1.54. The molecule has 0 aliphatic rings. The van der Waals surface area contributed by atoms with Gasteiger partial charge >= 0.3 is 0 Å². The van der Waals surface area contributed by atoms with Gasteiger partial charge in [0.25, 0.3) is 5.91 Å². The highest BCUT2D eigenvalue weighted by Crippen LogP contribution is 2.26. The van der Waals surface area contributed by atoms with Gasteiger partial charge in [-0.3, -0.25) is 14.8 Å². The van der Waals surface area contributed by atoms with E-state index in [0.29, 0.717) is 5.56 Å². The highest BCUT2D eigenvalue weighted by atomic mass is 32.1. The molecule has 3 heterocycles. The minimum absolute atomic E-state index is 0.115. The Morgan fingerprint density at radius 2 is 1.90 bits per heavy atom. The van der Waals surface area contributed by atoms with Crippen LogP contribution in [0.25, 0.3) is 22.2 Å². The molecule has 1 unspecified atom stereocenters. The van der Waals surface area contributed by atoms with Gasteiger partial charge in [-0.25, -0.2) is 4.98 Å². The number of para-hydroxylation sites is 1. The fourth-order valence-electron chi connectivity index (χ4n) is 3.15. The van der Waals surface area contributed by atoms with Crippen LogP contribution in [0.5, 0.6) is 0 Å². The number of fused-ring (bicyclic) bond motifs is 1. The van der Waals surface area contributed by atoms with Crippen molar-refractivity contribution in [3.8, 4) is 11.3 Å². The van der Waals surface area contributed by atoms with Crippen LogP contribution in [0.1, 0.15) is 53.8 Å². The van der Waals surface area contributed by atoms with E-state index in [1.54, 1.807) is 12.4 Å². The minimum Gasteiger partial charge on any atom is -0.343 e. The normalized spacial score (nSPS) is 12.3. The Balaban J connectivity index is 1.60. The first-order chi connectivity index (χ1) is 14.0. The number of benzene rings is 1. The first-order valence-corrected chi connectivity index (χ1v) is 10.5. The monoisotopic (exact) mass is 402 g/mol. The van der Waals surface area contributed by atoms with Gasteiger partial charge in [0.2, 0.25) is 0 Å². The number of carbonyl (C=O) groups is 1. The van der Waals surface area contributed by atoms with Crippen LogP contribution in [0.4, 0.5) is 0 Å². The molecule has 0 radical (unpaired) electrons. The standard InChI is InChI=1S/C23H22N4OS/c1-14(2)20-11-18(17-8-4-5-9-19(17)26-20)22(28)25-15(3)23-27-21(13-29-23)16-7-6-10-24-12-16/h4-15H,1-3H3,(H,25,28). The van der Waals surface area contributed by atoms with Crippen molar-refractivity contribution in [2.24, 2.45) is 0 Å². The zero-order valence-corrected chi connectivity index (χ0v) is 17.4. The Kier molecular flexibility index (Phi) is 5.36. The molecule has 0 spiro atoms. The number of nitrogens with one attached hydrogen (secondary N) is 1. The van der Waals surface area contributed by atoms with Crippen molar-refractivity contribution in [3.05, 3.63) is 76.5 Å². The molecule has 1 aromatic carbocycles. The summed E-state index contributed by atoms with van der Waals surface area (Å²) in [6.07, 6.45) is 3.53. The summed E-state index contributed by atoms with van der Waals surface area (Å²) in [5.41, 5.74) is 4.24. The van der Waals surface area contributed by atoms with Gasteiger partial charge in [0, 0.05) is 34.4 Å². The first-order valence-electron chi connectivity index (χ1n) is 9.59. The van der Waals surface area contributed by atoms with Crippen molar-refractivity contribution in [1.82, 2.24) is 20.3 Å². The van der Waals surface area contributed by atoms with Crippen LogP contribution in [0.3, 0.4) is 0 Å². The summed E-state index contributed by atoms with van der Waals surface area (Å²) in [7, 11) is 0. The first kappa shape index (κ1) is 19.2. The van der Waals surface area contributed by atoms with Crippen molar-refractivity contribution in [3.63, 3.8) is 0 Å². The lowest BCUT2D eigenvalue weighted by molar-refractivity contribution is 0.0941. The van der Waals surface area contributed by atoms with Crippen LogP contribution in [0.2, 0.25) is 0 Å². The van der Waals surface area contributed by atoms with Crippen molar-refractivity contribution in [1.29, 1.82) is 0 Å². The molecule has 146 valence electrons. The molecular formula is C23H22N4OS. The van der Waals surface area contributed by atoms with E-state index in [0.717, 1.165) is 32.9 Å². The highest BCUT2D eigenvalue weighted by Gasteiger charge is 2.19. The number of aromatic nitrogens is 3. The van der Waals surface area contributed by atoms with Crippen molar-refractivity contribution < 1.29 is 4.79 Å². The van der Waals surface area contributed by atoms with Crippen LogP contribution in [-0.2, 0) is 0 Å². The fourth-order valence-corrected chi connectivity index (χ4v) is 3.98. The molecule has 29 heavy (non-hydrogen) atoms.